The molecule has 0 aliphatic rings. The summed E-state index contributed by atoms with van der Waals surface area (Å²) >= 11 is 0. The zero-order chi connectivity index (χ0) is 13.9. The predicted molar refractivity (Wildman–Crippen MR) is 78.1 cm³/mol. The van der Waals surface area contributed by atoms with Gasteiger partial charge in [-0.3, -0.25) is 0 Å². The molecule has 0 aliphatic heterocycles. The number of benzene rings is 2. The third kappa shape index (κ3) is 2.54. The number of aryl methyl sites for hydroxylation is 1. The van der Waals surface area contributed by atoms with Gasteiger partial charge in [0.1, 0.15) is 0 Å². The lowest BCUT2D eigenvalue weighted by atomic mass is 10.1. The van der Waals surface area contributed by atoms with Gasteiger partial charge in [0.25, 0.3) is 0 Å². The summed E-state index contributed by atoms with van der Waals surface area (Å²) in [4.78, 5) is 4.43. The van der Waals surface area contributed by atoms with E-state index < -0.39 is 0 Å². The minimum Gasteiger partial charge on any atom is -0.399 e. The number of hydrogen-bond acceptors (Lipinski definition) is 4. The van der Waals surface area contributed by atoms with Crippen molar-refractivity contribution in [3.8, 4) is 11.4 Å². The third-order valence-electron chi connectivity index (χ3n) is 3.24. The Bertz CT molecular complexity index is 717. The van der Waals surface area contributed by atoms with E-state index in [1.165, 1.54) is 11.1 Å². The fourth-order valence-corrected chi connectivity index (χ4v) is 2.05. The first-order valence-corrected chi connectivity index (χ1v) is 6.45. The number of nitrogens with zero attached hydrogens (tertiary/aromatic N) is 2. The first-order valence-electron chi connectivity index (χ1n) is 6.45. The van der Waals surface area contributed by atoms with Crippen LogP contribution >= 0.6 is 0 Å². The van der Waals surface area contributed by atoms with Gasteiger partial charge in [0.05, 0.1) is 6.42 Å². The van der Waals surface area contributed by atoms with Crippen molar-refractivity contribution in [2.24, 2.45) is 0 Å². The molecule has 4 heteroatoms. The molecule has 0 spiro atoms. The van der Waals surface area contributed by atoms with Crippen molar-refractivity contribution in [3.05, 3.63) is 65.5 Å². The Morgan fingerprint density at radius 1 is 1.05 bits per heavy atom. The minimum atomic E-state index is 0.591. The number of nitrogens with two attached hydrogens (primary N) is 1. The quantitative estimate of drug-likeness (QED) is 0.738. The average molecular weight is 265 g/mol. The number of aromatic nitrogens is 2. The van der Waals surface area contributed by atoms with Crippen molar-refractivity contribution < 1.29 is 4.52 Å². The van der Waals surface area contributed by atoms with E-state index in [2.05, 4.69) is 29.2 Å². The zero-order valence-corrected chi connectivity index (χ0v) is 11.2. The van der Waals surface area contributed by atoms with E-state index in [0.717, 1.165) is 11.3 Å². The second-order valence-electron chi connectivity index (χ2n) is 4.74. The van der Waals surface area contributed by atoms with Crippen LogP contribution in [0.1, 0.15) is 17.0 Å². The van der Waals surface area contributed by atoms with Crippen LogP contribution in [0.15, 0.2) is 53.1 Å². The molecule has 0 fully saturated rings. The number of nitrogen functional groups attached to an aromatic ring is 1. The Kier molecular flexibility index (Phi) is 3.21. The van der Waals surface area contributed by atoms with Crippen LogP contribution in [0.4, 0.5) is 5.69 Å². The summed E-state index contributed by atoms with van der Waals surface area (Å²) in [5, 5.41) is 4.02. The third-order valence-corrected chi connectivity index (χ3v) is 3.24. The molecule has 0 saturated carbocycles. The van der Waals surface area contributed by atoms with E-state index in [1.54, 1.807) is 0 Å². The summed E-state index contributed by atoms with van der Waals surface area (Å²) in [5.41, 5.74) is 9.70. The smallest absolute Gasteiger partial charge is 0.231 e. The molecule has 0 atom stereocenters. The maximum absolute atomic E-state index is 5.66. The van der Waals surface area contributed by atoms with Crippen molar-refractivity contribution in [1.29, 1.82) is 0 Å². The standard InChI is InChI=1S/C16H15N3O/c1-11-4-2-3-5-13(11)10-15-18-16(19-20-15)12-6-8-14(17)9-7-12/h2-9H,10,17H2,1H3. The topological polar surface area (TPSA) is 64.9 Å². The van der Waals surface area contributed by atoms with Crippen LogP contribution < -0.4 is 5.73 Å². The number of rotatable bonds is 3. The van der Waals surface area contributed by atoms with Crippen LogP contribution in [0.25, 0.3) is 11.4 Å². The maximum Gasteiger partial charge on any atom is 0.231 e. The second kappa shape index (κ2) is 5.17. The molecule has 2 N–H and O–H groups in total. The lowest BCUT2D eigenvalue weighted by molar-refractivity contribution is 0.385. The summed E-state index contributed by atoms with van der Waals surface area (Å²) in [6, 6.07) is 15.6. The summed E-state index contributed by atoms with van der Waals surface area (Å²) in [6.07, 6.45) is 0.647. The van der Waals surface area contributed by atoms with Crippen LogP contribution in [-0.2, 0) is 6.42 Å². The maximum atomic E-state index is 5.66. The number of anilines is 1. The van der Waals surface area contributed by atoms with Gasteiger partial charge in [-0.2, -0.15) is 4.98 Å². The first kappa shape index (κ1) is 12.4. The molecular formula is C16H15N3O. The molecule has 3 aromatic rings. The van der Waals surface area contributed by atoms with Crippen molar-refractivity contribution in [3.63, 3.8) is 0 Å². The molecule has 1 heterocycles. The summed E-state index contributed by atoms with van der Waals surface area (Å²) < 4.78 is 5.32. The van der Waals surface area contributed by atoms with Gasteiger partial charge in [-0.15, -0.1) is 0 Å². The molecule has 0 bridgehead atoms. The molecule has 4 nitrogen and oxygen atoms in total. The molecule has 0 unspecified atom stereocenters. The molecular weight excluding hydrogens is 250 g/mol. The highest BCUT2D eigenvalue weighted by Crippen LogP contribution is 2.19. The van der Waals surface area contributed by atoms with Crippen molar-refractivity contribution in [2.75, 3.05) is 5.73 Å². The van der Waals surface area contributed by atoms with Crippen LogP contribution in [0, 0.1) is 6.92 Å². The molecule has 1 aromatic heterocycles. The van der Waals surface area contributed by atoms with E-state index in [0.29, 0.717) is 18.1 Å². The summed E-state index contributed by atoms with van der Waals surface area (Å²) in [6.45, 7) is 2.08. The zero-order valence-electron chi connectivity index (χ0n) is 11.2. The molecule has 0 aliphatic carbocycles. The first-order chi connectivity index (χ1) is 9.72. The average Bonchev–Trinajstić information content (AvgIpc) is 2.91. The van der Waals surface area contributed by atoms with Crippen LogP contribution in [0.5, 0.6) is 0 Å². The Morgan fingerprint density at radius 2 is 1.80 bits per heavy atom. The van der Waals surface area contributed by atoms with Crippen molar-refractivity contribution >= 4 is 5.69 Å². The van der Waals surface area contributed by atoms with Gasteiger partial charge in [0.15, 0.2) is 0 Å². The van der Waals surface area contributed by atoms with Crippen LogP contribution in [0.3, 0.4) is 0 Å². The number of hydrogen-bond donors (Lipinski definition) is 1. The highest BCUT2D eigenvalue weighted by molar-refractivity contribution is 5.58. The van der Waals surface area contributed by atoms with Gasteiger partial charge in [-0.1, -0.05) is 29.4 Å². The lowest BCUT2D eigenvalue weighted by Crippen LogP contribution is -1.91. The summed E-state index contributed by atoms with van der Waals surface area (Å²) in [5.74, 6) is 1.21. The Hall–Kier alpha value is -2.62. The molecule has 20 heavy (non-hydrogen) atoms. The van der Waals surface area contributed by atoms with Gasteiger partial charge in [0, 0.05) is 11.3 Å². The Labute approximate surface area is 117 Å². The highest BCUT2D eigenvalue weighted by atomic mass is 16.5. The highest BCUT2D eigenvalue weighted by Gasteiger charge is 2.10. The fourth-order valence-electron chi connectivity index (χ4n) is 2.05. The predicted octanol–water partition coefficient (Wildman–Crippen LogP) is 3.22. The fraction of sp³-hybridized carbons (Fsp3) is 0.125. The van der Waals surface area contributed by atoms with Gasteiger partial charge < -0.3 is 10.3 Å². The summed E-state index contributed by atoms with van der Waals surface area (Å²) in [7, 11) is 0. The van der Waals surface area contributed by atoms with Gasteiger partial charge in [0.2, 0.25) is 11.7 Å². The van der Waals surface area contributed by atoms with Gasteiger partial charge in [-0.05, 0) is 42.3 Å². The SMILES string of the molecule is Cc1ccccc1Cc1nc(-c2ccc(N)cc2)no1. The van der Waals surface area contributed by atoms with E-state index >= 15 is 0 Å². The molecule has 3 rings (SSSR count). The Morgan fingerprint density at radius 3 is 2.55 bits per heavy atom. The molecule has 0 radical (unpaired) electrons. The van der Waals surface area contributed by atoms with E-state index in [4.69, 9.17) is 10.3 Å². The van der Waals surface area contributed by atoms with E-state index in [9.17, 15) is 0 Å². The minimum absolute atomic E-state index is 0.591. The van der Waals surface area contributed by atoms with Crippen LogP contribution in [0.2, 0.25) is 0 Å². The largest absolute Gasteiger partial charge is 0.399 e. The van der Waals surface area contributed by atoms with Crippen molar-refractivity contribution in [2.45, 2.75) is 13.3 Å². The van der Waals surface area contributed by atoms with Crippen molar-refractivity contribution in [1.82, 2.24) is 10.1 Å². The van der Waals surface area contributed by atoms with Gasteiger partial charge >= 0.3 is 0 Å². The Balaban J connectivity index is 1.84. The van der Waals surface area contributed by atoms with E-state index in [-0.39, 0.29) is 0 Å². The normalized spacial score (nSPS) is 10.7. The molecule has 0 saturated heterocycles. The molecule has 0 amide bonds. The monoisotopic (exact) mass is 265 g/mol. The van der Waals surface area contributed by atoms with Gasteiger partial charge in [-0.25, -0.2) is 0 Å². The lowest BCUT2D eigenvalue weighted by Gasteiger charge is -2.00. The van der Waals surface area contributed by atoms with E-state index in [1.807, 2.05) is 36.4 Å². The second-order valence-corrected chi connectivity index (χ2v) is 4.74. The molecule has 2 aromatic carbocycles. The van der Waals surface area contributed by atoms with Crippen LogP contribution in [-0.4, -0.2) is 10.1 Å². The molecule has 100 valence electrons.